The molecule has 0 spiro atoms. The molecule has 3 heterocycles. The topological polar surface area (TPSA) is 179 Å². The van der Waals surface area contributed by atoms with E-state index >= 15 is 0 Å². The number of carbonyl (C=O) groups is 2. The second-order valence-electron chi connectivity index (χ2n) is 9.41. The van der Waals surface area contributed by atoms with E-state index in [-0.39, 0.29) is 36.1 Å². The minimum atomic E-state index is -3.91. The number of nitrogens with zero attached hydrogens (tertiary/aromatic N) is 7. The van der Waals surface area contributed by atoms with Gasteiger partial charge in [0.2, 0.25) is 5.82 Å². The largest absolute Gasteiger partial charge is 0.347 e. The first-order chi connectivity index (χ1) is 19.5. The van der Waals surface area contributed by atoms with Gasteiger partial charge in [-0.15, -0.1) is 10.2 Å². The van der Waals surface area contributed by atoms with Crippen molar-refractivity contribution in [2.75, 3.05) is 24.9 Å². The molecular weight excluding hydrogens is 555 g/mol. The number of anilines is 1. The minimum absolute atomic E-state index is 0.0441. The van der Waals surface area contributed by atoms with Crippen LogP contribution in [0.1, 0.15) is 43.7 Å². The SMILES string of the molecule is Cc1cc(CNC(=O)c2cc(C(=O)N[C@H]3CN(S(=O)(=O)N(C)C)c4cc(-c5nn[nH]n5)ccc43)ncn2)ccc1F. The molecule has 16 heteroatoms. The lowest BCUT2D eigenvalue weighted by atomic mass is 10.1. The predicted molar refractivity (Wildman–Crippen MR) is 144 cm³/mol. The van der Waals surface area contributed by atoms with Gasteiger partial charge in [-0.25, -0.2) is 14.4 Å². The van der Waals surface area contributed by atoms with Gasteiger partial charge in [-0.05, 0) is 35.4 Å². The molecule has 14 nitrogen and oxygen atoms in total. The Morgan fingerprint density at radius 3 is 2.54 bits per heavy atom. The van der Waals surface area contributed by atoms with E-state index < -0.39 is 28.1 Å². The van der Waals surface area contributed by atoms with Crippen LogP contribution in [0.3, 0.4) is 0 Å². The molecule has 212 valence electrons. The van der Waals surface area contributed by atoms with E-state index in [0.717, 1.165) is 10.6 Å². The highest BCUT2D eigenvalue weighted by Gasteiger charge is 2.38. The minimum Gasteiger partial charge on any atom is -0.347 e. The highest BCUT2D eigenvalue weighted by Crippen LogP contribution is 2.39. The molecule has 0 unspecified atom stereocenters. The third-order valence-corrected chi connectivity index (χ3v) is 8.31. The molecule has 2 aromatic carbocycles. The van der Waals surface area contributed by atoms with Crippen LogP contribution < -0.4 is 14.9 Å². The lowest BCUT2D eigenvalue weighted by molar-refractivity contribution is 0.0934. The number of amides is 2. The first-order valence-electron chi connectivity index (χ1n) is 12.3. The quantitative estimate of drug-likeness (QED) is 0.275. The summed E-state index contributed by atoms with van der Waals surface area (Å²) in [6.07, 6.45) is 1.09. The van der Waals surface area contributed by atoms with Crippen LogP contribution in [0.15, 0.2) is 48.8 Å². The fraction of sp³-hybridized carbons (Fsp3) is 0.240. The first-order valence-corrected chi connectivity index (χ1v) is 13.7. The Hall–Kier alpha value is -4.83. The number of halogens is 1. The maximum Gasteiger partial charge on any atom is 0.303 e. The van der Waals surface area contributed by atoms with Gasteiger partial charge in [-0.1, -0.05) is 24.3 Å². The summed E-state index contributed by atoms with van der Waals surface area (Å²) in [5, 5.41) is 19.3. The summed E-state index contributed by atoms with van der Waals surface area (Å²) in [7, 11) is -1.09. The summed E-state index contributed by atoms with van der Waals surface area (Å²) in [5.74, 6) is -1.24. The molecule has 3 N–H and O–H groups in total. The number of aromatic nitrogens is 6. The molecule has 1 atom stereocenters. The zero-order valence-electron chi connectivity index (χ0n) is 22.2. The molecule has 4 aromatic rings. The van der Waals surface area contributed by atoms with Crippen LogP contribution in [-0.2, 0) is 16.8 Å². The van der Waals surface area contributed by atoms with Crippen molar-refractivity contribution in [1.82, 2.24) is 45.5 Å². The van der Waals surface area contributed by atoms with Gasteiger partial charge in [-0.2, -0.15) is 17.9 Å². The number of hydrogen-bond donors (Lipinski definition) is 3. The van der Waals surface area contributed by atoms with Crippen molar-refractivity contribution in [3.8, 4) is 11.4 Å². The van der Waals surface area contributed by atoms with Gasteiger partial charge in [0.1, 0.15) is 23.5 Å². The fourth-order valence-corrected chi connectivity index (χ4v) is 5.44. The zero-order chi connectivity index (χ0) is 29.3. The molecule has 2 amide bonds. The summed E-state index contributed by atoms with van der Waals surface area (Å²) in [6.45, 7) is 1.68. The molecule has 0 saturated heterocycles. The molecule has 2 aromatic heterocycles. The van der Waals surface area contributed by atoms with Crippen LogP contribution in [0, 0.1) is 12.7 Å². The van der Waals surface area contributed by atoms with Crippen LogP contribution in [0.2, 0.25) is 0 Å². The third kappa shape index (κ3) is 5.59. The van der Waals surface area contributed by atoms with Gasteiger partial charge in [0.05, 0.1) is 18.3 Å². The Balaban J connectivity index is 1.35. The number of aryl methyl sites for hydroxylation is 1. The van der Waals surface area contributed by atoms with Gasteiger partial charge >= 0.3 is 10.2 Å². The van der Waals surface area contributed by atoms with Crippen LogP contribution in [0.4, 0.5) is 10.1 Å². The van der Waals surface area contributed by atoms with Crippen molar-refractivity contribution in [1.29, 1.82) is 0 Å². The molecule has 1 aliphatic rings. The van der Waals surface area contributed by atoms with Crippen molar-refractivity contribution in [2.45, 2.75) is 19.5 Å². The normalized spacial score (nSPS) is 14.7. The fourth-order valence-electron chi connectivity index (χ4n) is 4.31. The second-order valence-corrected chi connectivity index (χ2v) is 11.5. The lowest BCUT2D eigenvalue weighted by Gasteiger charge is -2.24. The van der Waals surface area contributed by atoms with Gasteiger partial charge < -0.3 is 10.6 Å². The Morgan fingerprint density at radius 2 is 1.85 bits per heavy atom. The van der Waals surface area contributed by atoms with Crippen molar-refractivity contribution in [3.63, 3.8) is 0 Å². The highest BCUT2D eigenvalue weighted by molar-refractivity contribution is 7.90. The standard InChI is InChI=1S/C25H25FN10O4S/c1-14-8-15(4-7-18(14)26)11-27-24(37)19-10-20(29-13-28-19)25(38)30-21-12-36(41(39,40)35(2)3)22-9-16(5-6-17(21)22)23-31-33-34-32-23/h4-10,13,21H,11-12H2,1-3H3,(H,27,37)(H,30,38)(H,31,32,33,34)/t21-/m0/s1. The molecule has 0 bridgehead atoms. The summed E-state index contributed by atoms with van der Waals surface area (Å²) in [5.41, 5.74) is 2.46. The average molecular weight is 581 g/mol. The molecule has 41 heavy (non-hydrogen) atoms. The summed E-state index contributed by atoms with van der Waals surface area (Å²) >= 11 is 0. The molecule has 5 rings (SSSR count). The van der Waals surface area contributed by atoms with Crippen LogP contribution in [0.25, 0.3) is 11.4 Å². The summed E-state index contributed by atoms with van der Waals surface area (Å²) in [6, 6.07) is 10.0. The Kier molecular flexibility index (Phi) is 7.42. The molecule has 0 radical (unpaired) electrons. The number of rotatable bonds is 8. The Labute approximate surface area is 234 Å². The molecule has 0 fully saturated rings. The lowest BCUT2D eigenvalue weighted by Crippen LogP contribution is -2.41. The first kappa shape index (κ1) is 27.7. The predicted octanol–water partition coefficient (Wildman–Crippen LogP) is 1.13. The van der Waals surface area contributed by atoms with E-state index in [2.05, 4.69) is 41.2 Å². The number of fused-ring (bicyclic) bond motifs is 1. The van der Waals surface area contributed by atoms with Crippen LogP contribution >= 0.6 is 0 Å². The van der Waals surface area contributed by atoms with Crippen LogP contribution in [-0.4, -0.2) is 75.8 Å². The van der Waals surface area contributed by atoms with Gasteiger partial charge in [-0.3, -0.25) is 13.9 Å². The van der Waals surface area contributed by atoms with Crippen LogP contribution in [0.5, 0.6) is 0 Å². The van der Waals surface area contributed by atoms with Gasteiger partial charge in [0.15, 0.2) is 0 Å². The molecular formula is C25H25FN10O4S. The maximum absolute atomic E-state index is 13.5. The number of hydrogen-bond acceptors (Lipinski definition) is 9. The number of aromatic amines is 1. The molecule has 0 saturated carbocycles. The van der Waals surface area contributed by atoms with Crippen molar-refractivity contribution < 1.29 is 22.4 Å². The van der Waals surface area contributed by atoms with E-state index in [4.69, 9.17) is 0 Å². The number of H-pyrrole nitrogens is 1. The van der Waals surface area contributed by atoms with E-state index in [1.54, 1.807) is 37.3 Å². The third-order valence-electron chi connectivity index (χ3n) is 6.48. The number of nitrogens with one attached hydrogen (secondary N) is 3. The van der Waals surface area contributed by atoms with E-state index in [0.29, 0.717) is 27.9 Å². The van der Waals surface area contributed by atoms with Crippen molar-refractivity contribution in [3.05, 3.63) is 82.7 Å². The zero-order valence-corrected chi connectivity index (χ0v) is 23.0. The Morgan fingerprint density at radius 1 is 1.10 bits per heavy atom. The van der Waals surface area contributed by atoms with E-state index in [9.17, 15) is 22.4 Å². The molecule has 0 aliphatic carbocycles. The second kappa shape index (κ2) is 11.0. The maximum atomic E-state index is 13.5. The van der Waals surface area contributed by atoms with Crippen molar-refractivity contribution >= 4 is 27.7 Å². The highest BCUT2D eigenvalue weighted by atomic mass is 32.2. The van der Waals surface area contributed by atoms with E-state index in [1.807, 2.05) is 0 Å². The average Bonchev–Trinajstić information content (AvgIpc) is 3.62. The van der Waals surface area contributed by atoms with Gasteiger partial charge in [0.25, 0.3) is 11.8 Å². The molecule has 1 aliphatic heterocycles. The summed E-state index contributed by atoms with van der Waals surface area (Å²) in [4.78, 5) is 33.8. The number of tetrazole rings is 1. The Bertz CT molecular complexity index is 1730. The monoisotopic (exact) mass is 580 g/mol. The number of benzene rings is 2. The summed E-state index contributed by atoms with van der Waals surface area (Å²) < 4.78 is 42.0. The number of carbonyl (C=O) groups excluding carboxylic acids is 2. The van der Waals surface area contributed by atoms with Gasteiger partial charge in [0, 0.05) is 37.8 Å². The van der Waals surface area contributed by atoms with Crippen molar-refractivity contribution in [2.24, 2.45) is 0 Å². The van der Waals surface area contributed by atoms with E-state index in [1.165, 1.54) is 30.5 Å². The smallest absolute Gasteiger partial charge is 0.303 e.